The van der Waals surface area contributed by atoms with E-state index >= 15 is 0 Å². The molecule has 0 N–H and O–H groups in total. The van der Waals surface area contributed by atoms with Crippen LogP contribution in [0, 0.1) is 11.8 Å². The first-order valence-corrected chi connectivity index (χ1v) is 10.5. The number of nitrogens with zero attached hydrogens (tertiary/aromatic N) is 4. The van der Waals surface area contributed by atoms with E-state index in [0.29, 0.717) is 39.3 Å². The van der Waals surface area contributed by atoms with Crippen molar-refractivity contribution in [2.24, 2.45) is 11.8 Å². The summed E-state index contributed by atoms with van der Waals surface area (Å²) in [6.07, 6.45) is 4.80. The molecule has 6 heteroatoms. The van der Waals surface area contributed by atoms with Gasteiger partial charge in [-0.1, -0.05) is 13.8 Å². The number of likely N-dealkylation sites (tertiary alicyclic amines) is 2. The van der Waals surface area contributed by atoms with Gasteiger partial charge < -0.3 is 9.80 Å². The summed E-state index contributed by atoms with van der Waals surface area (Å²) >= 11 is 0. The summed E-state index contributed by atoms with van der Waals surface area (Å²) in [6.45, 7) is 12.6. The van der Waals surface area contributed by atoms with Crippen molar-refractivity contribution in [1.82, 2.24) is 19.6 Å². The molecule has 0 bridgehead atoms. The first kappa shape index (κ1) is 19.6. The predicted octanol–water partition coefficient (Wildman–Crippen LogP) is 1.12. The van der Waals surface area contributed by atoms with Crippen LogP contribution in [-0.2, 0) is 9.59 Å². The van der Waals surface area contributed by atoms with E-state index < -0.39 is 0 Å². The third-order valence-corrected chi connectivity index (χ3v) is 6.46. The summed E-state index contributed by atoms with van der Waals surface area (Å²) in [7, 11) is 0. The van der Waals surface area contributed by atoms with Gasteiger partial charge in [0.1, 0.15) is 0 Å². The molecule has 0 unspecified atom stereocenters. The van der Waals surface area contributed by atoms with Crippen molar-refractivity contribution in [1.29, 1.82) is 0 Å². The van der Waals surface area contributed by atoms with Crippen LogP contribution in [0.3, 0.4) is 0 Å². The van der Waals surface area contributed by atoms with Crippen LogP contribution in [-0.4, -0.2) is 96.9 Å². The highest BCUT2D eigenvalue weighted by atomic mass is 16.2. The zero-order valence-corrected chi connectivity index (χ0v) is 16.7. The Morgan fingerprint density at radius 2 is 0.923 bits per heavy atom. The van der Waals surface area contributed by atoms with Gasteiger partial charge in [-0.25, -0.2) is 0 Å². The quantitative estimate of drug-likeness (QED) is 0.750. The summed E-state index contributed by atoms with van der Waals surface area (Å²) in [5.74, 6) is 2.05. The Hall–Kier alpha value is -1.14. The Morgan fingerprint density at radius 3 is 1.23 bits per heavy atom. The third-order valence-electron chi connectivity index (χ3n) is 6.46. The first-order chi connectivity index (χ1) is 12.5. The highest BCUT2D eigenvalue weighted by molar-refractivity contribution is 5.80. The van der Waals surface area contributed by atoms with E-state index in [1.165, 1.54) is 25.7 Å². The molecule has 0 saturated carbocycles. The van der Waals surface area contributed by atoms with E-state index in [1.807, 2.05) is 9.80 Å². The van der Waals surface area contributed by atoms with Crippen molar-refractivity contribution in [2.45, 2.75) is 39.5 Å². The maximum atomic E-state index is 12.5. The van der Waals surface area contributed by atoms with E-state index in [1.54, 1.807) is 0 Å². The van der Waals surface area contributed by atoms with Crippen molar-refractivity contribution in [3.05, 3.63) is 0 Å². The average Bonchev–Trinajstić information content (AvgIpc) is 2.65. The number of carbonyl (C=O) groups is 2. The van der Waals surface area contributed by atoms with Crippen LogP contribution in [0.25, 0.3) is 0 Å². The van der Waals surface area contributed by atoms with Gasteiger partial charge in [0.25, 0.3) is 0 Å². The molecule has 3 aliphatic rings. The molecule has 0 atom stereocenters. The Kier molecular flexibility index (Phi) is 6.92. The number of piperazine rings is 1. The van der Waals surface area contributed by atoms with E-state index in [4.69, 9.17) is 0 Å². The number of hydrogen-bond donors (Lipinski definition) is 0. The van der Waals surface area contributed by atoms with Crippen molar-refractivity contribution < 1.29 is 9.59 Å². The summed E-state index contributed by atoms with van der Waals surface area (Å²) in [5, 5.41) is 0. The van der Waals surface area contributed by atoms with Gasteiger partial charge in [-0.2, -0.15) is 0 Å². The number of rotatable bonds is 4. The SMILES string of the molecule is CC1CCN(CC(=O)N2CCN(C(=O)CN3CCC(C)CC3)CC2)CC1. The van der Waals surface area contributed by atoms with Crippen molar-refractivity contribution in [2.75, 3.05) is 65.4 Å². The molecule has 0 aliphatic carbocycles. The smallest absolute Gasteiger partial charge is 0.236 e. The van der Waals surface area contributed by atoms with Gasteiger partial charge in [-0.15, -0.1) is 0 Å². The summed E-state index contributed by atoms with van der Waals surface area (Å²) < 4.78 is 0. The van der Waals surface area contributed by atoms with Crippen LogP contribution in [0.1, 0.15) is 39.5 Å². The van der Waals surface area contributed by atoms with Gasteiger partial charge in [0.05, 0.1) is 13.1 Å². The Labute approximate surface area is 158 Å². The zero-order chi connectivity index (χ0) is 18.5. The number of carbonyl (C=O) groups excluding carboxylic acids is 2. The van der Waals surface area contributed by atoms with Gasteiger partial charge in [0.15, 0.2) is 0 Å². The van der Waals surface area contributed by atoms with Crippen LogP contribution in [0.2, 0.25) is 0 Å². The molecule has 0 spiro atoms. The Balaban J connectivity index is 1.36. The van der Waals surface area contributed by atoms with E-state index in [2.05, 4.69) is 23.6 Å². The molecule has 0 aromatic carbocycles. The highest BCUT2D eigenvalue weighted by Gasteiger charge is 2.27. The highest BCUT2D eigenvalue weighted by Crippen LogP contribution is 2.17. The molecular formula is C20H36N4O2. The summed E-state index contributed by atoms with van der Waals surface area (Å²) in [5.41, 5.74) is 0. The molecule has 26 heavy (non-hydrogen) atoms. The minimum absolute atomic E-state index is 0.233. The second kappa shape index (κ2) is 9.18. The molecule has 3 saturated heterocycles. The zero-order valence-electron chi connectivity index (χ0n) is 16.7. The molecule has 0 aromatic rings. The first-order valence-electron chi connectivity index (χ1n) is 10.5. The molecule has 0 aromatic heterocycles. The predicted molar refractivity (Wildman–Crippen MR) is 103 cm³/mol. The fourth-order valence-corrected chi connectivity index (χ4v) is 4.23. The van der Waals surface area contributed by atoms with Gasteiger partial charge in [-0.05, 0) is 63.7 Å². The lowest BCUT2D eigenvalue weighted by Gasteiger charge is -2.38. The van der Waals surface area contributed by atoms with Gasteiger partial charge in [0, 0.05) is 26.2 Å². The maximum Gasteiger partial charge on any atom is 0.236 e. The lowest BCUT2D eigenvalue weighted by atomic mass is 9.99. The lowest BCUT2D eigenvalue weighted by molar-refractivity contribution is -0.141. The third kappa shape index (κ3) is 5.43. The monoisotopic (exact) mass is 364 g/mol. The topological polar surface area (TPSA) is 47.1 Å². The second-order valence-corrected chi connectivity index (χ2v) is 8.68. The molecule has 3 heterocycles. The number of hydrogen-bond acceptors (Lipinski definition) is 4. The standard InChI is InChI=1S/C20H36N4O2/c1-17-3-7-21(8-4-17)15-19(25)23-11-13-24(14-12-23)20(26)16-22-9-5-18(2)6-10-22/h17-18H,3-16H2,1-2H3. The van der Waals surface area contributed by atoms with Gasteiger partial charge >= 0.3 is 0 Å². The second-order valence-electron chi connectivity index (χ2n) is 8.68. The fourth-order valence-electron chi connectivity index (χ4n) is 4.23. The van der Waals surface area contributed by atoms with Crippen LogP contribution < -0.4 is 0 Å². The molecule has 2 amide bonds. The Morgan fingerprint density at radius 1 is 0.615 bits per heavy atom. The van der Waals surface area contributed by atoms with Crippen molar-refractivity contribution >= 4 is 11.8 Å². The van der Waals surface area contributed by atoms with Crippen LogP contribution >= 0.6 is 0 Å². The normalized spacial score (nSPS) is 24.8. The number of piperidine rings is 2. The van der Waals surface area contributed by atoms with E-state index in [-0.39, 0.29) is 11.8 Å². The largest absolute Gasteiger partial charge is 0.338 e. The molecule has 3 rings (SSSR count). The van der Waals surface area contributed by atoms with Crippen LogP contribution in [0.5, 0.6) is 0 Å². The summed E-state index contributed by atoms with van der Waals surface area (Å²) in [4.78, 5) is 33.6. The molecular weight excluding hydrogens is 328 g/mol. The van der Waals surface area contributed by atoms with Crippen molar-refractivity contribution in [3.8, 4) is 0 Å². The molecule has 0 radical (unpaired) electrons. The van der Waals surface area contributed by atoms with Crippen LogP contribution in [0.4, 0.5) is 0 Å². The van der Waals surface area contributed by atoms with E-state index in [9.17, 15) is 9.59 Å². The maximum absolute atomic E-state index is 12.5. The molecule has 3 aliphatic heterocycles. The van der Waals surface area contributed by atoms with Crippen LogP contribution in [0.15, 0.2) is 0 Å². The average molecular weight is 365 g/mol. The molecule has 6 nitrogen and oxygen atoms in total. The molecule has 3 fully saturated rings. The minimum Gasteiger partial charge on any atom is -0.338 e. The number of amides is 2. The minimum atomic E-state index is 0.233. The summed E-state index contributed by atoms with van der Waals surface area (Å²) in [6, 6.07) is 0. The Bertz CT molecular complexity index is 430. The van der Waals surface area contributed by atoms with Gasteiger partial charge in [0.2, 0.25) is 11.8 Å². The van der Waals surface area contributed by atoms with Gasteiger partial charge in [-0.3, -0.25) is 19.4 Å². The molecule has 148 valence electrons. The van der Waals surface area contributed by atoms with E-state index in [0.717, 1.165) is 38.0 Å². The fraction of sp³-hybridized carbons (Fsp3) is 0.900. The van der Waals surface area contributed by atoms with Crippen molar-refractivity contribution in [3.63, 3.8) is 0 Å². The lowest BCUT2D eigenvalue weighted by Crippen LogP contribution is -2.54.